The molecule has 2 aromatic rings. The number of ether oxygens (including phenoxy) is 1. The van der Waals surface area contributed by atoms with Gasteiger partial charge in [-0.2, -0.15) is 4.98 Å². The van der Waals surface area contributed by atoms with Gasteiger partial charge in [-0.15, -0.1) is 0 Å². The molecule has 4 rings (SSSR count). The second-order valence-corrected chi connectivity index (χ2v) is 6.55. The van der Waals surface area contributed by atoms with Crippen molar-refractivity contribution in [3.05, 3.63) is 22.6 Å². The van der Waals surface area contributed by atoms with Gasteiger partial charge in [-0.05, 0) is 6.92 Å². The summed E-state index contributed by atoms with van der Waals surface area (Å²) >= 11 is 0. The van der Waals surface area contributed by atoms with E-state index in [2.05, 4.69) is 20.6 Å². The van der Waals surface area contributed by atoms with Crippen LogP contribution in [0.2, 0.25) is 0 Å². The van der Waals surface area contributed by atoms with Crippen LogP contribution in [-0.4, -0.2) is 62.0 Å². The Hall–Kier alpha value is -2.86. The summed E-state index contributed by atoms with van der Waals surface area (Å²) in [6, 6.07) is 1.17. The van der Waals surface area contributed by atoms with E-state index in [0.29, 0.717) is 23.0 Å². The molecule has 0 saturated carbocycles. The van der Waals surface area contributed by atoms with Crippen LogP contribution in [0.25, 0.3) is 10.8 Å². The van der Waals surface area contributed by atoms with Crippen molar-refractivity contribution >= 4 is 40.8 Å². The topological polar surface area (TPSA) is 158 Å². The summed E-state index contributed by atoms with van der Waals surface area (Å²) in [5.74, 6) is 0.543. The molecule has 1 saturated heterocycles. The Balaban J connectivity index is 2.00. The Kier molecular flexibility index (Phi) is 3.96. The number of carbonyl (C=O) groups excluding carboxylic acids is 1. The van der Waals surface area contributed by atoms with Crippen LogP contribution in [0.5, 0.6) is 0 Å². The van der Waals surface area contributed by atoms with Gasteiger partial charge < -0.3 is 35.3 Å². The van der Waals surface area contributed by atoms with Gasteiger partial charge in [0.1, 0.15) is 29.4 Å². The minimum absolute atomic E-state index is 0.208. The monoisotopic (exact) mass is 375 g/mol. The predicted molar refractivity (Wildman–Crippen MR) is 95.1 cm³/mol. The zero-order valence-corrected chi connectivity index (χ0v) is 14.2. The number of hydrogen-bond acceptors (Lipinski definition) is 9. The van der Waals surface area contributed by atoms with Crippen LogP contribution in [0.4, 0.5) is 17.3 Å². The average Bonchev–Trinajstić information content (AvgIpc) is 3.06. The summed E-state index contributed by atoms with van der Waals surface area (Å²) in [5, 5.41) is 36.5. The number of nitrogens with zero attached hydrogens (tertiary/aromatic N) is 3. The van der Waals surface area contributed by atoms with Crippen LogP contribution < -0.4 is 16.2 Å². The fourth-order valence-electron chi connectivity index (χ4n) is 3.49. The Bertz CT molecular complexity index is 1020. The van der Waals surface area contributed by atoms with E-state index in [0.717, 1.165) is 0 Å². The molecule has 0 aromatic carbocycles. The van der Waals surface area contributed by atoms with E-state index in [9.17, 15) is 24.9 Å². The number of aliphatic imine (C=N–C) groups is 1. The highest BCUT2D eigenvalue weighted by Crippen LogP contribution is 2.45. The lowest BCUT2D eigenvalue weighted by Gasteiger charge is -2.28. The van der Waals surface area contributed by atoms with Crippen molar-refractivity contribution in [1.29, 1.82) is 0 Å². The van der Waals surface area contributed by atoms with Crippen LogP contribution in [0.15, 0.2) is 22.1 Å². The maximum atomic E-state index is 12.0. The molecule has 4 heterocycles. The van der Waals surface area contributed by atoms with Crippen LogP contribution in [0.1, 0.15) is 13.2 Å². The lowest BCUT2D eigenvalue weighted by Crippen LogP contribution is -2.44. The molecule has 0 radical (unpaired) electrons. The highest BCUT2D eigenvalue weighted by atomic mass is 16.6. The van der Waals surface area contributed by atoms with E-state index in [1.165, 1.54) is 30.1 Å². The van der Waals surface area contributed by atoms with Crippen molar-refractivity contribution in [3.8, 4) is 0 Å². The molecule has 0 unspecified atom stereocenters. The molecule has 0 bridgehead atoms. The molecule has 27 heavy (non-hydrogen) atoms. The first-order valence-electron chi connectivity index (χ1n) is 8.14. The van der Waals surface area contributed by atoms with Gasteiger partial charge >= 0.3 is 0 Å². The van der Waals surface area contributed by atoms with E-state index in [-0.39, 0.29) is 11.5 Å². The van der Waals surface area contributed by atoms with Gasteiger partial charge in [0.05, 0.1) is 24.0 Å². The lowest BCUT2D eigenvalue weighted by molar-refractivity contribution is -0.105. The van der Waals surface area contributed by atoms with Gasteiger partial charge in [-0.25, -0.2) is 4.99 Å². The lowest BCUT2D eigenvalue weighted by atomic mass is 9.96. The number of amides is 1. The van der Waals surface area contributed by atoms with E-state index in [1.54, 1.807) is 0 Å². The molecule has 11 heteroatoms. The van der Waals surface area contributed by atoms with Gasteiger partial charge in [0, 0.05) is 17.6 Å². The minimum atomic E-state index is -1.73. The zero-order valence-electron chi connectivity index (χ0n) is 14.2. The van der Waals surface area contributed by atoms with Gasteiger partial charge in [-0.3, -0.25) is 9.59 Å². The van der Waals surface area contributed by atoms with Crippen molar-refractivity contribution in [2.75, 3.05) is 17.2 Å². The normalized spacial score (nSPS) is 29.0. The fourth-order valence-corrected chi connectivity index (χ4v) is 3.49. The quantitative estimate of drug-likeness (QED) is 0.428. The van der Waals surface area contributed by atoms with E-state index < -0.39 is 36.2 Å². The van der Waals surface area contributed by atoms with E-state index >= 15 is 0 Å². The second-order valence-electron chi connectivity index (χ2n) is 6.55. The SMILES string of the molecule is C[C@]1(O)[C@H](O)[C@@H](CO)O[C@H]1n1cc2c(NC=O)cc(=O)nc3c2c1N=CN3. The molecule has 142 valence electrons. The molecule has 1 amide bonds. The van der Waals surface area contributed by atoms with Crippen LogP contribution >= 0.6 is 0 Å². The number of aromatic nitrogens is 2. The highest BCUT2D eigenvalue weighted by molar-refractivity contribution is 6.11. The van der Waals surface area contributed by atoms with Gasteiger partial charge in [0.15, 0.2) is 6.23 Å². The summed E-state index contributed by atoms with van der Waals surface area (Å²) in [5.41, 5.74) is -2.08. The summed E-state index contributed by atoms with van der Waals surface area (Å²) < 4.78 is 7.13. The maximum Gasteiger partial charge on any atom is 0.273 e. The molecular weight excluding hydrogens is 358 g/mol. The molecule has 0 aliphatic carbocycles. The number of aliphatic hydroxyl groups excluding tert-OH is 2. The molecule has 4 atom stereocenters. The van der Waals surface area contributed by atoms with Crippen molar-refractivity contribution in [2.45, 2.75) is 31.0 Å². The average molecular weight is 375 g/mol. The molecule has 11 nitrogen and oxygen atoms in total. The van der Waals surface area contributed by atoms with Crippen molar-refractivity contribution in [2.24, 2.45) is 4.99 Å². The molecule has 0 spiro atoms. The van der Waals surface area contributed by atoms with Gasteiger partial charge in [0.2, 0.25) is 6.41 Å². The molecule has 5 N–H and O–H groups in total. The van der Waals surface area contributed by atoms with Crippen LogP contribution in [0, 0.1) is 0 Å². The fraction of sp³-hybridized carbons (Fsp3) is 0.375. The van der Waals surface area contributed by atoms with E-state index in [4.69, 9.17) is 4.74 Å². The van der Waals surface area contributed by atoms with Gasteiger partial charge in [0.25, 0.3) is 5.56 Å². The molecule has 1 fully saturated rings. The number of rotatable bonds is 4. The number of nitrogens with one attached hydrogen (secondary N) is 2. The first-order chi connectivity index (χ1) is 12.9. The minimum Gasteiger partial charge on any atom is -0.394 e. The first-order valence-corrected chi connectivity index (χ1v) is 8.14. The Morgan fingerprint density at radius 1 is 1.52 bits per heavy atom. The van der Waals surface area contributed by atoms with Gasteiger partial charge in [-0.1, -0.05) is 0 Å². The number of anilines is 2. The highest BCUT2D eigenvalue weighted by Gasteiger charge is 2.53. The smallest absolute Gasteiger partial charge is 0.273 e. The van der Waals surface area contributed by atoms with Crippen molar-refractivity contribution < 1.29 is 24.9 Å². The van der Waals surface area contributed by atoms with E-state index in [1.807, 2.05) is 0 Å². The standard InChI is InChI=1S/C16H17N5O6/c1-16(26)12(25)9(4-22)27-15(16)21-3-7-8(19-6-23)2-10(24)20-13-11(7)14(21)18-5-17-13/h2-3,5-6,9,12,15,22,25-26H,4H2,1H3,(H,19,23)(H,17,18,20,24)/t9-,12-,15-,16+/m1/s1. The second kappa shape index (κ2) is 6.09. The number of carbonyl (C=O) groups is 1. The third kappa shape index (κ3) is 2.51. The number of hydrogen-bond donors (Lipinski definition) is 5. The summed E-state index contributed by atoms with van der Waals surface area (Å²) in [6.45, 7) is 0.910. The Morgan fingerprint density at radius 3 is 2.96 bits per heavy atom. The molecular formula is C16H17N5O6. The van der Waals surface area contributed by atoms with Crippen LogP contribution in [0.3, 0.4) is 0 Å². The van der Waals surface area contributed by atoms with Crippen molar-refractivity contribution in [1.82, 2.24) is 9.55 Å². The molecule has 2 aromatic heterocycles. The predicted octanol–water partition coefficient (Wildman–Crippen LogP) is -0.948. The maximum absolute atomic E-state index is 12.0. The largest absolute Gasteiger partial charge is 0.394 e. The third-order valence-electron chi connectivity index (χ3n) is 4.81. The summed E-state index contributed by atoms with van der Waals surface area (Å²) in [4.78, 5) is 31.1. The van der Waals surface area contributed by atoms with Crippen molar-refractivity contribution in [3.63, 3.8) is 0 Å². The first kappa shape index (κ1) is 17.5. The third-order valence-corrected chi connectivity index (χ3v) is 4.81. The van der Waals surface area contributed by atoms with Crippen LogP contribution in [-0.2, 0) is 9.53 Å². The molecule has 2 aliphatic rings. The zero-order chi connectivity index (χ0) is 19.3. The summed E-state index contributed by atoms with van der Waals surface area (Å²) in [6.07, 6.45) is -0.0843. The number of aliphatic hydroxyl groups is 3. The Labute approximate surface area is 151 Å². The summed E-state index contributed by atoms with van der Waals surface area (Å²) in [7, 11) is 0. The molecule has 2 aliphatic heterocycles. The Morgan fingerprint density at radius 2 is 2.30 bits per heavy atom.